The summed E-state index contributed by atoms with van der Waals surface area (Å²) in [5.74, 6) is 1.40. The number of ether oxygens (including phenoxy) is 1. The summed E-state index contributed by atoms with van der Waals surface area (Å²) in [4.78, 5) is 12.4. The van der Waals surface area contributed by atoms with Gasteiger partial charge >= 0.3 is 0 Å². The minimum absolute atomic E-state index is 0.148. The molecule has 0 saturated carbocycles. The van der Waals surface area contributed by atoms with Gasteiger partial charge in [0.1, 0.15) is 15.8 Å². The largest absolute Gasteiger partial charge is 0.457 e. The van der Waals surface area contributed by atoms with Gasteiger partial charge in [-0.05, 0) is 54.3 Å². The summed E-state index contributed by atoms with van der Waals surface area (Å²) in [5, 5.41) is 2.62. The predicted molar refractivity (Wildman–Crippen MR) is 112 cm³/mol. The molecule has 0 atom stereocenters. The second kappa shape index (κ2) is 9.01. The van der Waals surface area contributed by atoms with Crippen LogP contribution in [0.15, 0.2) is 53.4 Å². The Balaban J connectivity index is 1.66. The maximum atomic E-state index is 11.8. The highest BCUT2D eigenvalue weighted by molar-refractivity contribution is 8.26. The third-order valence-corrected chi connectivity index (χ3v) is 5.19. The van der Waals surface area contributed by atoms with Gasteiger partial charge in [0.2, 0.25) is 0 Å². The molecule has 3 nitrogen and oxygen atoms in total. The predicted octanol–water partition coefficient (Wildman–Crippen LogP) is 5.70. The van der Waals surface area contributed by atoms with Crippen molar-refractivity contribution in [2.75, 3.05) is 0 Å². The van der Waals surface area contributed by atoms with Crippen LogP contribution in [0, 0.1) is 0 Å². The minimum atomic E-state index is -0.148. The highest BCUT2D eigenvalue weighted by Crippen LogP contribution is 2.28. The zero-order valence-electron chi connectivity index (χ0n) is 14.7. The molecular formula is C21H21NO2S2. The zero-order chi connectivity index (χ0) is 18.4. The molecule has 0 unspecified atom stereocenters. The Bertz CT molecular complexity index is 828. The van der Waals surface area contributed by atoms with Crippen LogP contribution in [0.2, 0.25) is 0 Å². The van der Waals surface area contributed by atoms with Crippen LogP contribution >= 0.6 is 24.0 Å². The molecule has 134 valence electrons. The van der Waals surface area contributed by atoms with E-state index < -0.39 is 0 Å². The monoisotopic (exact) mass is 383 g/mol. The van der Waals surface area contributed by atoms with Gasteiger partial charge in [-0.25, -0.2) is 0 Å². The van der Waals surface area contributed by atoms with E-state index in [4.69, 9.17) is 17.0 Å². The first-order valence-electron chi connectivity index (χ1n) is 8.76. The lowest BCUT2D eigenvalue weighted by Gasteiger charge is -2.08. The second-order valence-electron chi connectivity index (χ2n) is 6.13. The van der Waals surface area contributed by atoms with E-state index in [0.29, 0.717) is 9.23 Å². The lowest BCUT2D eigenvalue weighted by atomic mass is 10.1. The number of aryl methyl sites for hydroxylation is 1. The van der Waals surface area contributed by atoms with Crippen LogP contribution in [-0.4, -0.2) is 10.2 Å². The summed E-state index contributed by atoms with van der Waals surface area (Å²) >= 11 is 6.29. The van der Waals surface area contributed by atoms with Gasteiger partial charge in [0.15, 0.2) is 0 Å². The molecule has 0 radical (unpaired) electrons. The van der Waals surface area contributed by atoms with Crippen LogP contribution in [0.4, 0.5) is 0 Å². The molecule has 1 N–H and O–H groups in total. The molecule has 0 aromatic heterocycles. The van der Waals surface area contributed by atoms with Crippen LogP contribution in [0.25, 0.3) is 6.08 Å². The smallest absolute Gasteiger partial charge is 0.263 e. The summed E-state index contributed by atoms with van der Waals surface area (Å²) < 4.78 is 6.44. The molecule has 26 heavy (non-hydrogen) atoms. The number of thiocarbonyl (C=S) groups is 1. The molecule has 0 bridgehead atoms. The van der Waals surface area contributed by atoms with Crippen LogP contribution in [-0.2, 0) is 11.2 Å². The van der Waals surface area contributed by atoms with Gasteiger partial charge in [0, 0.05) is 0 Å². The highest BCUT2D eigenvalue weighted by Gasteiger charge is 2.21. The second-order valence-corrected chi connectivity index (χ2v) is 7.85. The first-order valence-corrected chi connectivity index (χ1v) is 9.98. The Morgan fingerprint density at radius 1 is 1.12 bits per heavy atom. The normalized spacial score (nSPS) is 15.3. The van der Waals surface area contributed by atoms with Gasteiger partial charge in [-0.1, -0.05) is 68.0 Å². The molecule has 2 aromatic rings. The molecule has 1 heterocycles. The third kappa shape index (κ3) is 5.19. The minimum Gasteiger partial charge on any atom is -0.457 e. The van der Waals surface area contributed by atoms with Crippen molar-refractivity contribution >= 4 is 40.3 Å². The number of benzene rings is 2. The van der Waals surface area contributed by atoms with Crippen molar-refractivity contribution in [1.29, 1.82) is 0 Å². The Kier molecular flexibility index (Phi) is 6.47. The molecule has 2 aromatic carbocycles. The van der Waals surface area contributed by atoms with Crippen molar-refractivity contribution in [1.82, 2.24) is 5.32 Å². The molecule has 1 aliphatic rings. The van der Waals surface area contributed by atoms with Crippen molar-refractivity contribution < 1.29 is 9.53 Å². The van der Waals surface area contributed by atoms with Crippen LogP contribution in [0.1, 0.15) is 37.3 Å². The van der Waals surface area contributed by atoms with E-state index in [1.165, 1.54) is 36.6 Å². The molecule has 5 heteroatoms. The molecule has 1 aliphatic heterocycles. The maximum absolute atomic E-state index is 11.8. The van der Waals surface area contributed by atoms with Crippen molar-refractivity contribution in [2.24, 2.45) is 0 Å². The fourth-order valence-corrected chi connectivity index (χ4v) is 3.72. The first kappa shape index (κ1) is 18.7. The average Bonchev–Trinajstić information content (AvgIpc) is 2.94. The van der Waals surface area contributed by atoms with Gasteiger partial charge in [-0.2, -0.15) is 0 Å². The van der Waals surface area contributed by atoms with E-state index >= 15 is 0 Å². The zero-order valence-corrected chi connectivity index (χ0v) is 16.3. The Hall–Kier alpha value is -2.11. The molecular weight excluding hydrogens is 362 g/mol. The lowest BCUT2D eigenvalue weighted by Crippen LogP contribution is -2.17. The van der Waals surface area contributed by atoms with Crippen LogP contribution in [0.3, 0.4) is 0 Å². The standard InChI is InChI=1S/C21H21NO2S2/c1-2-3-4-6-15-9-11-17(12-10-15)24-18-8-5-7-16(13-18)14-19-20(23)22-21(25)26-19/h5,7-14H,2-4,6H2,1H3,(H,22,23,25)/b19-14-. The van der Waals surface area contributed by atoms with Gasteiger partial charge < -0.3 is 10.1 Å². The molecule has 1 fully saturated rings. The van der Waals surface area contributed by atoms with Gasteiger partial charge in [0.05, 0.1) is 4.91 Å². The summed E-state index contributed by atoms with van der Waals surface area (Å²) in [5.41, 5.74) is 2.24. The van der Waals surface area contributed by atoms with Crippen molar-refractivity contribution in [3.05, 3.63) is 64.6 Å². The number of hydrogen-bond acceptors (Lipinski definition) is 4. The fourth-order valence-electron chi connectivity index (χ4n) is 2.68. The van der Waals surface area contributed by atoms with Crippen LogP contribution < -0.4 is 10.1 Å². The van der Waals surface area contributed by atoms with Crippen LogP contribution in [0.5, 0.6) is 11.5 Å². The molecule has 0 spiro atoms. The van der Waals surface area contributed by atoms with Gasteiger partial charge in [0.25, 0.3) is 5.91 Å². The van der Waals surface area contributed by atoms with Gasteiger partial charge in [-0.15, -0.1) is 0 Å². The number of thioether (sulfide) groups is 1. The summed E-state index contributed by atoms with van der Waals surface area (Å²) in [6.07, 6.45) is 6.66. The van der Waals surface area contributed by atoms with E-state index in [0.717, 1.165) is 23.5 Å². The van der Waals surface area contributed by atoms with E-state index in [9.17, 15) is 4.79 Å². The summed E-state index contributed by atoms with van der Waals surface area (Å²) in [6, 6.07) is 15.9. The van der Waals surface area contributed by atoms with Crippen molar-refractivity contribution in [3.8, 4) is 11.5 Å². The number of rotatable bonds is 7. The summed E-state index contributed by atoms with van der Waals surface area (Å²) in [6.45, 7) is 2.22. The van der Waals surface area contributed by atoms with E-state index in [2.05, 4.69) is 24.4 Å². The topological polar surface area (TPSA) is 38.3 Å². The maximum Gasteiger partial charge on any atom is 0.263 e. The SMILES string of the molecule is CCCCCc1ccc(Oc2cccc(/C=C3\SC(=S)NC3=O)c2)cc1. The summed E-state index contributed by atoms with van der Waals surface area (Å²) in [7, 11) is 0. The van der Waals surface area contributed by atoms with E-state index in [1.54, 1.807) is 0 Å². The fraction of sp³-hybridized carbons (Fsp3) is 0.238. The number of nitrogens with one attached hydrogen (secondary N) is 1. The molecule has 1 amide bonds. The quantitative estimate of drug-likeness (QED) is 0.378. The van der Waals surface area contributed by atoms with Crippen molar-refractivity contribution in [3.63, 3.8) is 0 Å². The molecule has 0 aliphatic carbocycles. The average molecular weight is 384 g/mol. The van der Waals surface area contributed by atoms with Gasteiger partial charge in [-0.3, -0.25) is 4.79 Å². The Morgan fingerprint density at radius 2 is 1.92 bits per heavy atom. The van der Waals surface area contributed by atoms with E-state index in [-0.39, 0.29) is 5.91 Å². The van der Waals surface area contributed by atoms with E-state index in [1.807, 2.05) is 42.5 Å². The molecule has 3 rings (SSSR count). The lowest BCUT2D eigenvalue weighted by molar-refractivity contribution is -0.115. The third-order valence-electron chi connectivity index (χ3n) is 4.03. The van der Waals surface area contributed by atoms with Crippen molar-refractivity contribution in [2.45, 2.75) is 32.6 Å². The Labute approximate surface area is 163 Å². The number of carbonyl (C=O) groups is 1. The number of amides is 1. The molecule has 1 saturated heterocycles. The highest BCUT2D eigenvalue weighted by atomic mass is 32.2. The number of carbonyl (C=O) groups excluding carboxylic acids is 1. The first-order chi connectivity index (χ1) is 12.6. The number of hydrogen-bond donors (Lipinski definition) is 1. The number of unbranched alkanes of at least 4 members (excludes halogenated alkanes) is 2. The Morgan fingerprint density at radius 3 is 2.62 bits per heavy atom.